The molecule has 0 aromatic heterocycles. The summed E-state index contributed by atoms with van der Waals surface area (Å²) >= 11 is 0. The van der Waals surface area contributed by atoms with Crippen LogP contribution >= 0.6 is 0 Å². The van der Waals surface area contributed by atoms with Gasteiger partial charge in [0.1, 0.15) is 17.7 Å². The van der Waals surface area contributed by atoms with Gasteiger partial charge in [-0.15, -0.1) is 0 Å². The molecule has 2 nitrogen and oxygen atoms in total. The summed E-state index contributed by atoms with van der Waals surface area (Å²) in [5.74, 6) is -0.143. The van der Waals surface area contributed by atoms with Gasteiger partial charge in [-0.25, -0.2) is 4.39 Å². The summed E-state index contributed by atoms with van der Waals surface area (Å²) in [6.45, 7) is 1.43. The van der Waals surface area contributed by atoms with Gasteiger partial charge in [-0.05, 0) is 55.5 Å². The molecule has 0 bridgehead atoms. The van der Waals surface area contributed by atoms with Gasteiger partial charge >= 0.3 is 0 Å². The van der Waals surface area contributed by atoms with Crippen LogP contribution in [0.5, 0.6) is 5.75 Å². The van der Waals surface area contributed by atoms with E-state index in [2.05, 4.69) is 12.1 Å². The lowest BCUT2D eigenvalue weighted by Crippen LogP contribution is -2.16. The molecule has 3 heteroatoms. The normalized spacial score (nSPS) is 17.1. The number of hydrogen-bond acceptors (Lipinski definition) is 2. The van der Waals surface area contributed by atoms with Crippen molar-refractivity contribution in [3.63, 3.8) is 0 Å². The number of ketones is 1. The van der Waals surface area contributed by atoms with Crippen molar-refractivity contribution < 1.29 is 13.9 Å². The number of carbonyl (C=O) groups excluding carboxylic acids is 1. The number of fused-ring (bicyclic) bond motifs is 1. The zero-order valence-corrected chi connectivity index (χ0v) is 11.9. The van der Waals surface area contributed by atoms with Crippen molar-refractivity contribution in [2.24, 2.45) is 0 Å². The quantitative estimate of drug-likeness (QED) is 0.776. The summed E-state index contributed by atoms with van der Waals surface area (Å²) in [5.41, 5.74) is 2.76. The predicted octanol–water partition coefficient (Wildman–Crippen LogP) is 4.48. The molecular formula is C18H17FO2. The maximum Gasteiger partial charge on any atom is 0.163 e. The van der Waals surface area contributed by atoms with Crippen molar-refractivity contribution in [3.05, 3.63) is 65.0 Å². The van der Waals surface area contributed by atoms with Crippen LogP contribution in [0.15, 0.2) is 42.5 Å². The zero-order valence-electron chi connectivity index (χ0n) is 11.9. The lowest BCUT2D eigenvalue weighted by atomic mass is 9.89. The Hall–Kier alpha value is -2.16. The molecule has 0 N–H and O–H groups in total. The topological polar surface area (TPSA) is 26.3 Å². The van der Waals surface area contributed by atoms with Crippen LogP contribution in [0.3, 0.4) is 0 Å². The Labute approximate surface area is 123 Å². The standard InChI is InChI=1S/C18H17FO2/c1-12(20)16-11-14(19)9-10-18(16)21-17-8-4-6-13-5-2-3-7-15(13)17/h2-3,5,7,9-11,17H,4,6,8H2,1H3. The molecule has 2 aromatic carbocycles. The van der Waals surface area contributed by atoms with Crippen molar-refractivity contribution in [1.82, 2.24) is 0 Å². The predicted molar refractivity (Wildman–Crippen MR) is 79.2 cm³/mol. The molecule has 21 heavy (non-hydrogen) atoms. The fraction of sp³-hybridized carbons (Fsp3) is 0.278. The minimum Gasteiger partial charge on any atom is -0.485 e. The summed E-state index contributed by atoms with van der Waals surface area (Å²) < 4.78 is 19.4. The smallest absolute Gasteiger partial charge is 0.163 e. The van der Waals surface area contributed by atoms with E-state index in [1.807, 2.05) is 12.1 Å². The van der Waals surface area contributed by atoms with Gasteiger partial charge in [0.05, 0.1) is 5.56 Å². The van der Waals surface area contributed by atoms with Gasteiger partial charge < -0.3 is 4.74 Å². The first kappa shape index (κ1) is 13.8. The molecule has 1 atom stereocenters. The Kier molecular flexibility index (Phi) is 3.74. The lowest BCUT2D eigenvalue weighted by molar-refractivity contribution is 0.100. The first-order chi connectivity index (χ1) is 10.1. The zero-order chi connectivity index (χ0) is 14.8. The molecule has 1 unspecified atom stereocenters. The van der Waals surface area contributed by atoms with Crippen LogP contribution in [0.25, 0.3) is 0 Å². The molecular weight excluding hydrogens is 267 g/mol. The highest BCUT2D eigenvalue weighted by atomic mass is 19.1. The van der Waals surface area contributed by atoms with Crippen LogP contribution in [-0.2, 0) is 6.42 Å². The molecule has 0 fully saturated rings. The van der Waals surface area contributed by atoms with Crippen LogP contribution in [-0.4, -0.2) is 5.78 Å². The summed E-state index contributed by atoms with van der Waals surface area (Å²) in [6.07, 6.45) is 2.95. The van der Waals surface area contributed by atoms with E-state index in [-0.39, 0.29) is 11.9 Å². The Balaban J connectivity index is 1.93. The molecule has 0 saturated heterocycles. The number of Topliss-reactive ketones (excluding diaryl/α,β-unsaturated/α-hetero) is 1. The van der Waals surface area contributed by atoms with Gasteiger partial charge in [-0.1, -0.05) is 24.3 Å². The summed E-state index contributed by atoms with van der Waals surface area (Å²) in [6, 6.07) is 12.3. The molecule has 0 heterocycles. The maximum absolute atomic E-state index is 13.3. The number of aryl methyl sites for hydroxylation is 1. The second kappa shape index (κ2) is 5.68. The van der Waals surface area contributed by atoms with Crippen LogP contribution in [0, 0.1) is 5.82 Å². The number of halogens is 1. The first-order valence-corrected chi connectivity index (χ1v) is 7.20. The van der Waals surface area contributed by atoms with Crippen LogP contribution in [0.2, 0.25) is 0 Å². The monoisotopic (exact) mass is 284 g/mol. The van der Waals surface area contributed by atoms with E-state index in [0.29, 0.717) is 11.3 Å². The van der Waals surface area contributed by atoms with E-state index < -0.39 is 5.82 Å². The van der Waals surface area contributed by atoms with Gasteiger partial charge in [0.25, 0.3) is 0 Å². The van der Waals surface area contributed by atoms with Crippen LogP contribution < -0.4 is 4.74 Å². The van der Waals surface area contributed by atoms with Gasteiger partial charge in [-0.3, -0.25) is 4.79 Å². The number of ether oxygens (including phenoxy) is 1. The third-order valence-electron chi connectivity index (χ3n) is 3.90. The third kappa shape index (κ3) is 2.82. The van der Waals surface area contributed by atoms with Gasteiger partial charge in [0.2, 0.25) is 0 Å². The second-order valence-corrected chi connectivity index (χ2v) is 5.39. The van der Waals surface area contributed by atoms with Gasteiger partial charge in [-0.2, -0.15) is 0 Å². The van der Waals surface area contributed by atoms with Crippen molar-refractivity contribution >= 4 is 5.78 Å². The summed E-state index contributed by atoms with van der Waals surface area (Å²) in [4.78, 5) is 11.7. The minimum absolute atomic E-state index is 0.0708. The Morgan fingerprint density at radius 3 is 2.86 bits per heavy atom. The molecule has 0 aliphatic heterocycles. The fourth-order valence-electron chi connectivity index (χ4n) is 2.87. The van der Waals surface area contributed by atoms with Crippen LogP contribution in [0.1, 0.15) is 47.4 Å². The number of carbonyl (C=O) groups is 1. The fourth-order valence-corrected chi connectivity index (χ4v) is 2.87. The van der Waals surface area contributed by atoms with E-state index >= 15 is 0 Å². The maximum atomic E-state index is 13.3. The molecule has 1 aliphatic carbocycles. The molecule has 108 valence electrons. The SMILES string of the molecule is CC(=O)c1cc(F)ccc1OC1CCCc2ccccc21. The summed E-state index contributed by atoms with van der Waals surface area (Å²) in [5, 5.41) is 0. The van der Waals surface area contributed by atoms with E-state index in [0.717, 1.165) is 19.3 Å². The van der Waals surface area contributed by atoms with E-state index in [1.54, 1.807) is 6.07 Å². The van der Waals surface area contributed by atoms with Crippen molar-refractivity contribution in [2.45, 2.75) is 32.3 Å². The Morgan fingerprint density at radius 1 is 1.24 bits per heavy atom. The van der Waals surface area contributed by atoms with Crippen LogP contribution in [0.4, 0.5) is 4.39 Å². The van der Waals surface area contributed by atoms with Crippen molar-refractivity contribution in [1.29, 1.82) is 0 Å². The van der Waals surface area contributed by atoms with Gasteiger partial charge in [0, 0.05) is 0 Å². The molecule has 3 rings (SSSR count). The number of hydrogen-bond donors (Lipinski definition) is 0. The highest BCUT2D eigenvalue weighted by Gasteiger charge is 2.22. The van der Waals surface area contributed by atoms with Crippen molar-refractivity contribution in [2.75, 3.05) is 0 Å². The Bertz CT molecular complexity index is 679. The van der Waals surface area contributed by atoms with E-state index in [4.69, 9.17) is 4.74 Å². The molecule has 0 saturated carbocycles. The third-order valence-corrected chi connectivity index (χ3v) is 3.90. The number of rotatable bonds is 3. The highest BCUT2D eigenvalue weighted by molar-refractivity contribution is 5.96. The largest absolute Gasteiger partial charge is 0.485 e. The molecule has 1 aliphatic rings. The van der Waals surface area contributed by atoms with Gasteiger partial charge in [0.15, 0.2) is 5.78 Å². The Morgan fingerprint density at radius 2 is 2.05 bits per heavy atom. The lowest BCUT2D eigenvalue weighted by Gasteiger charge is -2.27. The van der Waals surface area contributed by atoms with E-state index in [1.165, 1.54) is 30.2 Å². The summed E-state index contributed by atoms with van der Waals surface area (Å²) in [7, 11) is 0. The first-order valence-electron chi connectivity index (χ1n) is 7.20. The van der Waals surface area contributed by atoms with E-state index in [9.17, 15) is 9.18 Å². The molecule has 0 radical (unpaired) electrons. The molecule has 0 amide bonds. The van der Waals surface area contributed by atoms with Crippen molar-refractivity contribution in [3.8, 4) is 5.75 Å². The average Bonchev–Trinajstić information content (AvgIpc) is 2.49. The average molecular weight is 284 g/mol. The molecule has 0 spiro atoms. The minimum atomic E-state index is -0.420. The molecule has 2 aromatic rings. The second-order valence-electron chi connectivity index (χ2n) is 5.39. The highest BCUT2D eigenvalue weighted by Crippen LogP contribution is 2.34. The number of benzene rings is 2.